The molecule has 0 unspecified atom stereocenters. The molecule has 0 saturated heterocycles. The number of nitro groups is 1. The van der Waals surface area contributed by atoms with Gasteiger partial charge in [0, 0.05) is 0 Å². The molecule has 2 rings (SSSR count). The van der Waals surface area contributed by atoms with Crippen LogP contribution in [0.25, 0.3) is 0 Å². The van der Waals surface area contributed by atoms with Crippen LogP contribution in [-0.2, 0) is 10.0 Å². The number of hydrogen-bond acceptors (Lipinski definition) is 7. The highest BCUT2D eigenvalue weighted by atomic mass is 32.2. The Hall–Kier alpha value is -2.75. The Morgan fingerprint density at radius 3 is 2.50 bits per heavy atom. The first-order valence-corrected chi connectivity index (χ1v) is 6.71. The van der Waals surface area contributed by atoms with Crippen molar-refractivity contribution in [2.45, 2.75) is 4.90 Å². The van der Waals surface area contributed by atoms with Crippen LogP contribution in [0.15, 0.2) is 41.8 Å². The number of rotatable bonds is 4. The third-order valence-electron chi connectivity index (χ3n) is 2.32. The van der Waals surface area contributed by atoms with Gasteiger partial charge in [0.15, 0.2) is 4.90 Å². The van der Waals surface area contributed by atoms with E-state index in [0.717, 1.165) is 6.07 Å². The fourth-order valence-electron chi connectivity index (χ4n) is 1.51. The van der Waals surface area contributed by atoms with Crippen LogP contribution in [0, 0.1) is 10.1 Å². The predicted molar refractivity (Wildman–Crippen MR) is 70.3 cm³/mol. The summed E-state index contributed by atoms with van der Waals surface area (Å²) in [4.78, 5) is 16.9. The van der Waals surface area contributed by atoms with Gasteiger partial charge in [-0.15, -0.1) is 0 Å². The van der Waals surface area contributed by atoms with E-state index in [1.165, 1.54) is 30.9 Å². The number of nitro benzene ring substituents is 1. The minimum Gasteiger partial charge on any atom is -0.393 e. The lowest BCUT2D eigenvalue weighted by Crippen LogP contribution is -2.15. The van der Waals surface area contributed by atoms with Crippen molar-refractivity contribution in [1.29, 1.82) is 0 Å². The minimum absolute atomic E-state index is 0.0872. The predicted octanol–water partition coefficient (Wildman–Crippen LogP) is 0.768. The molecule has 0 bridgehead atoms. The number of nitrogens with two attached hydrogens (primary N) is 1. The topological polar surface area (TPSA) is 141 Å². The molecule has 1 aromatic carbocycles. The standard InChI is InChI=1S/C10H9N5O4S/c11-8-2-1-3-9(10(8)15(16)17)20(18,19)14-7-4-12-6-13-5-7/h1-6,14H,11H2. The Balaban J connectivity index is 2.50. The number of nitrogens with zero attached hydrogens (tertiary/aromatic N) is 3. The van der Waals surface area contributed by atoms with Crippen LogP contribution in [0.2, 0.25) is 0 Å². The van der Waals surface area contributed by atoms with Gasteiger partial charge in [0.2, 0.25) is 0 Å². The molecule has 0 saturated carbocycles. The van der Waals surface area contributed by atoms with E-state index < -0.39 is 25.5 Å². The van der Waals surface area contributed by atoms with Gasteiger partial charge in [0.25, 0.3) is 10.0 Å². The lowest BCUT2D eigenvalue weighted by molar-refractivity contribution is -0.386. The molecule has 1 aromatic heterocycles. The lowest BCUT2D eigenvalue weighted by Gasteiger charge is -2.08. The van der Waals surface area contributed by atoms with Crippen LogP contribution in [0.4, 0.5) is 17.1 Å². The molecular formula is C10H9N5O4S. The molecule has 0 aliphatic heterocycles. The van der Waals surface area contributed by atoms with Crippen LogP contribution in [0.5, 0.6) is 0 Å². The van der Waals surface area contributed by atoms with Gasteiger partial charge in [0.1, 0.15) is 12.0 Å². The summed E-state index contributed by atoms with van der Waals surface area (Å²) >= 11 is 0. The maximum Gasteiger partial charge on any atom is 0.312 e. The summed E-state index contributed by atoms with van der Waals surface area (Å²) in [5, 5.41) is 11.0. The van der Waals surface area contributed by atoms with Gasteiger partial charge in [0.05, 0.1) is 23.0 Å². The van der Waals surface area contributed by atoms with Crippen LogP contribution in [-0.4, -0.2) is 23.3 Å². The largest absolute Gasteiger partial charge is 0.393 e. The second kappa shape index (κ2) is 5.09. The molecule has 0 amide bonds. The first kappa shape index (κ1) is 13.7. The number of nitrogen functional groups attached to an aromatic ring is 1. The molecule has 1 heterocycles. The average Bonchev–Trinajstić information content (AvgIpc) is 2.38. The first-order valence-electron chi connectivity index (χ1n) is 5.22. The van der Waals surface area contributed by atoms with E-state index in [1.54, 1.807) is 0 Å². The zero-order valence-corrected chi connectivity index (χ0v) is 10.7. The number of nitrogens with one attached hydrogen (secondary N) is 1. The number of para-hydroxylation sites is 1. The highest BCUT2D eigenvalue weighted by Gasteiger charge is 2.28. The van der Waals surface area contributed by atoms with Crippen molar-refractivity contribution in [3.05, 3.63) is 47.0 Å². The molecule has 0 radical (unpaired) electrons. The Morgan fingerprint density at radius 1 is 1.25 bits per heavy atom. The van der Waals surface area contributed by atoms with Crippen LogP contribution in [0.3, 0.4) is 0 Å². The van der Waals surface area contributed by atoms with Crippen molar-refractivity contribution >= 4 is 27.1 Å². The van der Waals surface area contributed by atoms with E-state index in [4.69, 9.17) is 5.73 Å². The van der Waals surface area contributed by atoms with Gasteiger partial charge in [-0.25, -0.2) is 18.4 Å². The highest BCUT2D eigenvalue weighted by molar-refractivity contribution is 7.92. The number of aromatic nitrogens is 2. The second-order valence-corrected chi connectivity index (χ2v) is 5.33. The summed E-state index contributed by atoms with van der Waals surface area (Å²) in [5.74, 6) is 0. The maximum atomic E-state index is 12.2. The Kier molecular flexibility index (Phi) is 3.48. The number of benzene rings is 1. The van der Waals surface area contributed by atoms with Gasteiger partial charge in [-0.1, -0.05) is 6.07 Å². The zero-order chi connectivity index (χ0) is 14.8. The molecule has 0 atom stereocenters. The fourth-order valence-corrected chi connectivity index (χ4v) is 2.74. The van der Waals surface area contributed by atoms with Crippen LogP contribution < -0.4 is 10.5 Å². The van der Waals surface area contributed by atoms with Crippen molar-refractivity contribution in [2.24, 2.45) is 0 Å². The minimum atomic E-state index is -4.16. The SMILES string of the molecule is Nc1cccc(S(=O)(=O)Nc2cncnc2)c1[N+](=O)[O-]. The lowest BCUT2D eigenvalue weighted by atomic mass is 10.3. The summed E-state index contributed by atoms with van der Waals surface area (Å²) in [6.45, 7) is 0. The second-order valence-electron chi connectivity index (χ2n) is 3.68. The number of anilines is 2. The highest BCUT2D eigenvalue weighted by Crippen LogP contribution is 2.30. The maximum absolute atomic E-state index is 12.2. The van der Waals surface area contributed by atoms with Gasteiger partial charge in [-0.05, 0) is 12.1 Å². The van der Waals surface area contributed by atoms with Crippen molar-refractivity contribution in [2.75, 3.05) is 10.5 Å². The fraction of sp³-hybridized carbons (Fsp3) is 0. The van der Waals surface area contributed by atoms with Gasteiger partial charge >= 0.3 is 5.69 Å². The summed E-state index contributed by atoms with van der Waals surface area (Å²) in [5.41, 5.74) is 4.64. The Labute approximate surface area is 113 Å². The quantitative estimate of drug-likeness (QED) is 0.482. The monoisotopic (exact) mass is 295 g/mol. The molecule has 20 heavy (non-hydrogen) atoms. The summed E-state index contributed by atoms with van der Waals surface area (Å²) < 4.78 is 26.4. The smallest absolute Gasteiger partial charge is 0.312 e. The van der Waals surface area contributed by atoms with E-state index in [1.807, 2.05) is 0 Å². The van der Waals surface area contributed by atoms with E-state index >= 15 is 0 Å². The summed E-state index contributed by atoms with van der Waals surface area (Å²) in [6.07, 6.45) is 3.67. The Morgan fingerprint density at radius 2 is 1.90 bits per heavy atom. The molecule has 0 spiro atoms. The van der Waals surface area contributed by atoms with Crippen molar-refractivity contribution in [1.82, 2.24) is 9.97 Å². The Bertz CT molecular complexity index is 747. The molecule has 10 heteroatoms. The average molecular weight is 295 g/mol. The molecular weight excluding hydrogens is 286 g/mol. The number of sulfonamides is 1. The molecule has 3 N–H and O–H groups in total. The van der Waals surface area contributed by atoms with Crippen LogP contribution in [0.1, 0.15) is 0 Å². The van der Waals surface area contributed by atoms with E-state index in [9.17, 15) is 18.5 Å². The van der Waals surface area contributed by atoms with Gasteiger partial charge < -0.3 is 5.73 Å². The summed E-state index contributed by atoms with van der Waals surface area (Å²) in [6, 6.07) is 3.67. The van der Waals surface area contributed by atoms with Crippen molar-refractivity contribution in [3.8, 4) is 0 Å². The third kappa shape index (κ3) is 2.64. The normalized spacial score (nSPS) is 11.0. The molecule has 104 valence electrons. The van der Waals surface area contributed by atoms with Gasteiger partial charge in [-0.3, -0.25) is 14.8 Å². The third-order valence-corrected chi connectivity index (χ3v) is 3.73. The van der Waals surface area contributed by atoms with Crippen molar-refractivity contribution < 1.29 is 13.3 Å². The van der Waals surface area contributed by atoms with Crippen molar-refractivity contribution in [3.63, 3.8) is 0 Å². The molecule has 0 aliphatic rings. The zero-order valence-electron chi connectivity index (χ0n) is 9.92. The summed E-state index contributed by atoms with van der Waals surface area (Å²) in [7, 11) is -4.16. The van der Waals surface area contributed by atoms with E-state index in [-0.39, 0.29) is 11.4 Å². The molecule has 2 aromatic rings. The van der Waals surface area contributed by atoms with E-state index in [2.05, 4.69) is 14.7 Å². The molecule has 9 nitrogen and oxygen atoms in total. The number of hydrogen-bond donors (Lipinski definition) is 2. The molecule has 0 fully saturated rings. The van der Waals surface area contributed by atoms with Crippen LogP contribution >= 0.6 is 0 Å². The molecule has 0 aliphatic carbocycles. The van der Waals surface area contributed by atoms with Gasteiger partial charge in [-0.2, -0.15) is 0 Å². The first-order chi connectivity index (χ1) is 9.42. The van der Waals surface area contributed by atoms with E-state index in [0.29, 0.717) is 0 Å².